The molecule has 1 aromatic carbocycles. The number of nitrogens with zero attached hydrogens (tertiary/aromatic N) is 3. The van der Waals surface area contributed by atoms with Crippen molar-refractivity contribution in [1.29, 1.82) is 0 Å². The average Bonchev–Trinajstić information content (AvgIpc) is 3.44. The number of fused-ring (bicyclic) bond motifs is 2. The number of nitrogens with one attached hydrogen (secondary N) is 1. The first-order valence-electron chi connectivity index (χ1n) is 10.8. The van der Waals surface area contributed by atoms with Gasteiger partial charge in [-0.15, -0.1) is 0 Å². The largest absolute Gasteiger partial charge is 0.465 e. The molecule has 1 unspecified atom stereocenters. The maximum atomic E-state index is 13.4. The van der Waals surface area contributed by atoms with Gasteiger partial charge in [-0.05, 0) is 61.1 Å². The number of benzene rings is 1. The van der Waals surface area contributed by atoms with Gasteiger partial charge in [0.15, 0.2) is 5.82 Å². The number of allylic oxidation sites excluding steroid dienone is 1. The van der Waals surface area contributed by atoms with Gasteiger partial charge in [0, 0.05) is 18.4 Å². The zero-order chi connectivity index (χ0) is 22.1. The van der Waals surface area contributed by atoms with Gasteiger partial charge in [-0.3, -0.25) is 4.79 Å². The van der Waals surface area contributed by atoms with Crippen molar-refractivity contribution in [2.75, 3.05) is 6.54 Å². The number of carbonyl (C=O) groups excluding carboxylic acids is 1. The van der Waals surface area contributed by atoms with E-state index in [-0.39, 0.29) is 5.91 Å². The number of furan rings is 1. The van der Waals surface area contributed by atoms with Crippen molar-refractivity contribution in [1.82, 2.24) is 20.4 Å². The van der Waals surface area contributed by atoms with E-state index in [4.69, 9.17) is 13.9 Å². The van der Waals surface area contributed by atoms with Gasteiger partial charge in [-0.25, -0.2) is 4.98 Å². The Morgan fingerprint density at radius 3 is 2.84 bits per heavy atom. The molecule has 3 aromatic heterocycles. The summed E-state index contributed by atoms with van der Waals surface area (Å²) in [5, 5.41) is 7.70. The third-order valence-corrected chi connectivity index (χ3v) is 5.70. The minimum Gasteiger partial charge on any atom is -0.465 e. The summed E-state index contributed by atoms with van der Waals surface area (Å²) in [4.78, 5) is 22.6. The lowest BCUT2D eigenvalue weighted by molar-refractivity contribution is 0.0953. The Morgan fingerprint density at radius 1 is 1.19 bits per heavy atom. The summed E-state index contributed by atoms with van der Waals surface area (Å²) < 4.78 is 10.7. The van der Waals surface area contributed by atoms with Crippen molar-refractivity contribution < 1.29 is 13.7 Å². The number of rotatable bonds is 5. The second-order valence-corrected chi connectivity index (χ2v) is 8.27. The zero-order valence-electron chi connectivity index (χ0n) is 18.1. The highest BCUT2D eigenvalue weighted by Gasteiger charge is 2.28. The van der Waals surface area contributed by atoms with Crippen LogP contribution in [-0.2, 0) is 12.8 Å². The van der Waals surface area contributed by atoms with Crippen LogP contribution in [0.3, 0.4) is 0 Å². The Hall–Kier alpha value is -3.74. The van der Waals surface area contributed by atoms with E-state index in [0.29, 0.717) is 36.2 Å². The molecule has 1 aliphatic rings. The van der Waals surface area contributed by atoms with E-state index in [0.717, 1.165) is 46.3 Å². The molecule has 0 bridgehead atoms. The highest BCUT2D eigenvalue weighted by atomic mass is 16.5. The highest BCUT2D eigenvalue weighted by molar-refractivity contribution is 6.09. The molecule has 162 valence electrons. The van der Waals surface area contributed by atoms with Gasteiger partial charge in [-0.2, -0.15) is 4.98 Å². The third-order valence-electron chi connectivity index (χ3n) is 5.70. The molecule has 3 heterocycles. The second kappa shape index (κ2) is 8.42. The van der Waals surface area contributed by atoms with Crippen molar-refractivity contribution >= 4 is 28.5 Å². The Balaban J connectivity index is 1.54. The van der Waals surface area contributed by atoms with Gasteiger partial charge in [0.05, 0.1) is 23.0 Å². The summed E-state index contributed by atoms with van der Waals surface area (Å²) in [7, 11) is 0. The van der Waals surface area contributed by atoms with Crippen LogP contribution in [-0.4, -0.2) is 27.6 Å². The topological polar surface area (TPSA) is 94.1 Å². The summed E-state index contributed by atoms with van der Waals surface area (Å²) >= 11 is 0. The van der Waals surface area contributed by atoms with Crippen LogP contribution in [0.1, 0.15) is 52.4 Å². The molecule has 0 saturated heterocycles. The van der Waals surface area contributed by atoms with Crippen molar-refractivity contribution in [2.45, 2.75) is 33.1 Å². The number of pyridine rings is 1. The van der Waals surface area contributed by atoms with Crippen LogP contribution in [0.15, 0.2) is 51.6 Å². The zero-order valence-corrected chi connectivity index (χ0v) is 18.1. The number of amides is 1. The number of aromatic nitrogens is 3. The van der Waals surface area contributed by atoms with Crippen LogP contribution in [0.5, 0.6) is 0 Å². The SMILES string of the molecule is Cc1noc(CCNC(=O)c2c3c(nc4ccccc24)/C(=C\c2ccco2)CC(C)C3)n1. The van der Waals surface area contributed by atoms with Crippen molar-refractivity contribution in [3.63, 3.8) is 0 Å². The minimum absolute atomic E-state index is 0.109. The molecule has 0 fully saturated rings. The molecule has 0 radical (unpaired) electrons. The lowest BCUT2D eigenvalue weighted by Gasteiger charge is -2.26. The van der Waals surface area contributed by atoms with Crippen LogP contribution in [0, 0.1) is 12.8 Å². The van der Waals surface area contributed by atoms with E-state index >= 15 is 0 Å². The molecule has 32 heavy (non-hydrogen) atoms. The Morgan fingerprint density at radius 2 is 2.06 bits per heavy atom. The molecule has 0 aliphatic heterocycles. The lowest BCUT2D eigenvalue weighted by atomic mass is 9.80. The Bertz CT molecular complexity index is 1300. The lowest BCUT2D eigenvalue weighted by Crippen LogP contribution is -2.29. The number of hydrogen-bond acceptors (Lipinski definition) is 6. The molecule has 1 N–H and O–H groups in total. The van der Waals surface area contributed by atoms with Gasteiger partial charge >= 0.3 is 0 Å². The van der Waals surface area contributed by atoms with E-state index in [9.17, 15) is 4.79 Å². The first-order chi connectivity index (χ1) is 15.6. The molecule has 7 nitrogen and oxygen atoms in total. The maximum absolute atomic E-state index is 13.4. The number of para-hydroxylation sites is 1. The molecular formula is C25H24N4O3. The van der Waals surface area contributed by atoms with Crippen LogP contribution < -0.4 is 5.32 Å². The molecule has 1 amide bonds. The van der Waals surface area contributed by atoms with Gasteiger partial charge < -0.3 is 14.3 Å². The van der Waals surface area contributed by atoms with Gasteiger partial charge in [0.25, 0.3) is 5.91 Å². The fraction of sp³-hybridized carbons (Fsp3) is 0.280. The third kappa shape index (κ3) is 3.93. The predicted molar refractivity (Wildman–Crippen MR) is 121 cm³/mol. The Kier molecular flexibility index (Phi) is 5.31. The summed E-state index contributed by atoms with van der Waals surface area (Å²) in [6, 6.07) is 11.6. The maximum Gasteiger partial charge on any atom is 0.252 e. The first kappa shape index (κ1) is 20.2. The van der Waals surface area contributed by atoms with E-state index < -0.39 is 0 Å². The summed E-state index contributed by atoms with van der Waals surface area (Å²) in [5.74, 6) is 2.17. The second-order valence-electron chi connectivity index (χ2n) is 8.27. The van der Waals surface area contributed by atoms with E-state index in [1.54, 1.807) is 13.2 Å². The fourth-order valence-electron chi connectivity index (χ4n) is 4.35. The standard InChI is InChI=1S/C25H24N4O3/c1-15-12-17(14-18-6-5-11-31-18)24-20(13-15)23(19-7-3-4-8-21(19)28-24)25(30)26-10-9-22-27-16(2)29-32-22/h3-8,11,14-15H,9-10,12-13H2,1-2H3,(H,26,30)/b17-14-. The molecular weight excluding hydrogens is 404 g/mol. The van der Waals surface area contributed by atoms with Gasteiger partial charge in [0.2, 0.25) is 5.89 Å². The molecule has 4 aromatic rings. The molecule has 7 heteroatoms. The monoisotopic (exact) mass is 428 g/mol. The number of aryl methyl sites for hydroxylation is 1. The minimum atomic E-state index is -0.109. The summed E-state index contributed by atoms with van der Waals surface area (Å²) in [6.45, 7) is 4.39. The van der Waals surface area contributed by atoms with Gasteiger partial charge in [0.1, 0.15) is 5.76 Å². The molecule has 1 aliphatic carbocycles. The van der Waals surface area contributed by atoms with Crippen LogP contribution >= 0.6 is 0 Å². The van der Waals surface area contributed by atoms with Gasteiger partial charge in [-0.1, -0.05) is 30.3 Å². The number of hydrogen-bond donors (Lipinski definition) is 1. The molecule has 0 saturated carbocycles. The van der Waals surface area contributed by atoms with E-state index in [1.807, 2.05) is 42.5 Å². The van der Waals surface area contributed by atoms with Crippen molar-refractivity contribution in [3.05, 3.63) is 77.0 Å². The smallest absolute Gasteiger partial charge is 0.252 e. The fourth-order valence-corrected chi connectivity index (χ4v) is 4.35. The van der Waals surface area contributed by atoms with Crippen LogP contribution in [0.4, 0.5) is 0 Å². The quantitative estimate of drug-likeness (QED) is 0.499. The number of carbonyl (C=O) groups is 1. The summed E-state index contributed by atoms with van der Waals surface area (Å²) in [6.07, 6.45) is 5.87. The van der Waals surface area contributed by atoms with E-state index in [1.165, 1.54) is 0 Å². The Labute approximate surface area is 185 Å². The van der Waals surface area contributed by atoms with E-state index in [2.05, 4.69) is 22.4 Å². The molecule has 1 atom stereocenters. The first-order valence-corrected chi connectivity index (χ1v) is 10.8. The van der Waals surface area contributed by atoms with Crippen molar-refractivity contribution in [3.8, 4) is 0 Å². The highest BCUT2D eigenvalue weighted by Crippen LogP contribution is 2.38. The average molecular weight is 428 g/mol. The van der Waals surface area contributed by atoms with Crippen LogP contribution in [0.25, 0.3) is 22.6 Å². The predicted octanol–water partition coefficient (Wildman–Crippen LogP) is 4.61. The van der Waals surface area contributed by atoms with Crippen molar-refractivity contribution in [2.24, 2.45) is 5.92 Å². The normalized spacial score (nSPS) is 16.9. The molecule has 5 rings (SSSR count). The summed E-state index contributed by atoms with van der Waals surface area (Å²) in [5.41, 5.74) is 4.48. The molecule has 0 spiro atoms. The van der Waals surface area contributed by atoms with Crippen LogP contribution in [0.2, 0.25) is 0 Å².